The van der Waals surface area contributed by atoms with E-state index in [2.05, 4.69) is 10.3 Å². The second-order valence-electron chi connectivity index (χ2n) is 3.92. The van der Waals surface area contributed by atoms with E-state index in [0.29, 0.717) is 5.88 Å². The molecule has 2 aromatic rings. The van der Waals surface area contributed by atoms with Crippen LogP contribution in [0.1, 0.15) is 11.3 Å². The van der Waals surface area contributed by atoms with Crippen molar-refractivity contribution in [1.82, 2.24) is 10.3 Å². The van der Waals surface area contributed by atoms with Gasteiger partial charge in [-0.05, 0) is 37.7 Å². The zero-order valence-corrected chi connectivity index (χ0v) is 10.1. The highest BCUT2D eigenvalue weighted by Crippen LogP contribution is 2.20. The van der Waals surface area contributed by atoms with Crippen molar-refractivity contribution in [2.45, 2.75) is 13.5 Å². The van der Waals surface area contributed by atoms with Crippen molar-refractivity contribution in [3.63, 3.8) is 0 Å². The van der Waals surface area contributed by atoms with E-state index in [9.17, 15) is 0 Å². The van der Waals surface area contributed by atoms with Gasteiger partial charge in [-0.25, -0.2) is 4.98 Å². The minimum atomic E-state index is 0.628. The van der Waals surface area contributed by atoms with Crippen LogP contribution in [0.25, 0.3) is 0 Å². The Kier molecular flexibility index (Phi) is 3.73. The highest BCUT2D eigenvalue weighted by molar-refractivity contribution is 5.31. The molecule has 88 valence electrons. The molecule has 0 saturated carbocycles. The summed E-state index contributed by atoms with van der Waals surface area (Å²) < 4.78 is 5.71. The van der Waals surface area contributed by atoms with Crippen LogP contribution in [0.3, 0.4) is 0 Å². The molecule has 0 spiro atoms. The smallest absolute Gasteiger partial charge is 0.219 e. The van der Waals surface area contributed by atoms with Gasteiger partial charge in [0.2, 0.25) is 5.88 Å². The molecule has 0 unspecified atom stereocenters. The monoisotopic (exact) mass is 228 g/mol. The maximum atomic E-state index is 5.71. The van der Waals surface area contributed by atoms with Crippen molar-refractivity contribution >= 4 is 0 Å². The van der Waals surface area contributed by atoms with Crippen LogP contribution >= 0.6 is 0 Å². The number of nitrogens with one attached hydrogen (secondary N) is 1. The summed E-state index contributed by atoms with van der Waals surface area (Å²) in [6, 6.07) is 13.7. The fraction of sp³-hybridized carbons (Fsp3) is 0.214. The Morgan fingerprint density at radius 3 is 2.76 bits per heavy atom. The summed E-state index contributed by atoms with van der Waals surface area (Å²) in [5.41, 5.74) is 2.14. The molecule has 2 rings (SSSR count). The van der Waals surface area contributed by atoms with Crippen LogP contribution in [-0.2, 0) is 6.54 Å². The molecule has 3 heteroatoms. The molecule has 17 heavy (non-hydrogen) atoms. The van der Waals surface area contributed by atoms with E-state index in [-0.39, 0.29) is 0 Å². The molecule has 3 nitrogen and oxygen atoms in total. The molecule has 0 fully saturated rings. The first-order valence-corrected chi connectivity index (χ1v) is 5.63. The number of nitrogens with zero attached hydrogens (tertiary/aromatic N) is 1. The van der Waals surface area contributed by atoms with Gasteiger partial charge in [-0.3, -0.25) is 0 Å². The van der Waals surface area contributed by atoms with E-state index in [0.717, 1.165) is 18.0 Å². The Hall–Kier alpha value is -1.87. The Morgan fingerprint density at radius 1 is 1.18 bits per heavy atom. The molecule has 1 N–H and O–H groups in total. The predicted octanol–water partition coefficient (Wildman–Crippen LogP) is 2.90. The zero-order chi connectivity index (χ0) is 12.1. The Balaban J connectivity index is 2.15. The molecule has 0 atom stereocenters. The summed E-state index contributed by atoms with van der Waals surface area (Å²) in [4.78, 5) is 4.40. The van der Waals surface area contributed by atoms with Crippen LogP contribution in [0.5, 0.6) is 11.6 Å². The molecule has 1 aromatic heterocycles. The molecule has 0 aliphatic carbocycles. The van der Waals surface area contributed by atoms with E-state index in [4.69, 9.17) is 4.74 Å². The molecule has 0 aliphatic heterocycles. The van der Waals surface area contributed by atoms with Crippen molar-refractivity contribution in [3.8, 4) is 11.6 Å². The van der Waals surface area contributed by atoms with Gasteiger partial charge < -0.3 is 10.1 Å². The fourth-order valence-corrected chi connectivity index (χ4v) is 1.59. The number of rotatable bonds is 4. The lowest BCUT2D eigenvalue weighted by Crippen LogP contribution is -2.06. The van der Waals surface area contributed by atoms with E-state index in [1.807, 2.05) is 56.4 Å². The van der Waals surface area contributed by atoms with Gasteiger partial charge in [-0.15, -0.1) is 0 Å². The quantitative estimate of drug-likeness (QED) is 0.873. The topological polar surface area (TPSA) is 34.1 Å². The molecule has 1 aromatic carbocycles. The van der Waals surface area contributed by atoms with Crippen molar-refractivity contribution in [2.75, 3.05) is 7.05 Å². The largest absolute Gasteiger partial charge is 0.439 e. The van der Waals surface area contributed by atoms with Gasteiger partial charge in [0.05, 0.1) is 5.69 Å². The van der Waals surface area contributed by atoms with Gasteiger partial charge in [0.25, 0.3) is 0 Å². The first-order valence-electron chi connectivity index (χ1n) is 5.63. The van der Waals surface area contributed by atoms with Crippen molar-refractivity contribution in [1.29, 1.82) is 0 Å². The van der Waals surface area contributed by atoms with Crippen molar-refractivity contribution < 1.29 is 4.74 Å². The Bertz CT molecular complexity index is 497. The molecule has 1 heterocycles. The number of pyridine rings is 1. The minimum Gasteiger partial charge on any atom is -0.439 e. The standard InChI is InChI=1S/C14H16N2O/c1-11-5-3-7-13(9-11)17-14-8-4-6-12(16-14)10-15-2/h3-9,15H,10H2,1-2H3. The van der Waals surface area contributed by atoms with E-state index in [1.165, 1.54) is 5.56 Å². The first kappa shape index (κ1) is 11.6. The first-order chi connectivity index (χ1) is 8.28. The number of benzene rings is 1. The summed E-state index contributed by atoms with van der Waals surface area (Å²) >= 11 is 0. The number of hydrogen-bond donors (Lipinski definition) is 1. The lowest BCUT2D eigenvalue weighted by molar-refractivity contribution is 0.459. The Morgan fingerprint density at radius 2 is 2.00 bits per heavy atom. The number of aryl methyl sites for hydroxylation is 1. The summed E-state index contributed by atoms with van der Waals surface area (Å²) in [7, 11) is 1.90. The summed E-state index contributed by atoms with van der Waals surface area (Å²) in [6.07, 6.45) is 0. The third kappa shape index (κ3) is 3.29. The third-order valence-corrected chi connectivity index (χ3v) is 2.35. The number of aromatic nitrogens is 1. The van der Waals surface area contributed by atoms with Crippen LogP contribution in [0, 0.1) is 6.92 Å². The average Bonchev–Trinajstić information content (AvgIpc) is 2.30. The van der Waals surface area contributed by atoms with Gasteiger partial charge in [0.15, 0.2) is 0 Å². The van der Waals surface area contributed by atoms with Crippen LogP contribution in [0.2, 0.25) is 0 Å². The van der Waals surface area contributed by atoms with Gasteiger partial charge >= 0.3 is 0 Å². The lowest BCUT2D eigenvalue weighted by Gasteiger charge is -2.06. The number of ether oxygens (including phenoxy) is 1. The van der Waals surface area contributed by atoms with Crippen molar-refractivity contribution in [2.24, 2.45) is 0 Å². The van der Waals surface area contributed by atoms with Crippen LogP contribution in [-0.4, -0.2) is 12.0 Å². The Labute approximate surface area is 101 Å². The second-order valence-corrected chi connectivity index (χ2v) is 3.92. The van der Waals surface area contributed by atoms with Gasteiger partial charge in [0.1, 0.15) is 5.75 Å². The SMILES string of the molecule is CNCc1cccc(Oc2cccc(C)c2)n1. The minimum absolute atomic E-state index is 0.628. The van der Waals surface area contributed by atoms with E-state index >= 15 is 0 Å². The van der Waals surface area contributed by atoms with Crippen LogP contribution in [0.4, 0.5) is 0 Å². The number of hydrogen-bond acceptors (Lipinski definition) is 3. The van der Waals surface area contributed by atoms with Gasteiger partial charge in [-0.2, -0.15) is 0 Å². The van der Waals surface area contributed by atoms with Crippen LogP contribution in [0.15, 0.2) is 42.5 Å². The van der Waals surface area contributed by atoms with E-state index in [1.54, 1.807) is 0 Å². The fourth-order valence-electron chi connectivity index (χ4n) is 1.59. The maximum absolute atomic E-state index is 5.71. The zero-order valence-electron chi connectivity index (χ0n) is 10.1. The highest BCUT2D eigenvalue weighted by Gasteiger charge is 2.00. The molecule has 0 bridgehead atoms. The molecule has 0 amide bonds. The average molecular weight is 228 g/mol. The third-order valence-electron chi connectivity index (χ3n) is 2.35. The molecular weight excluding hydrogens is 212 g/mol. The summed E-state index contributed by atoms with van der Waals surface area (Å²) in [5, 5.41) is 3.07. The molecule has 0 saturated heterocycles. The molecule has 0 radical (unpaired) electrons. The summed E-state index contributed by atoms with van der Waals surface area (Å²) in [6.45, 7) is 2.78. The van der Waals surface area contributed by atoms with Gasteiger partial charge in [-0.1, -0.05) is 18.2 Å². The molecular formula is C14H16N2O. The van der Waals surface area contributed by atoms with Crippen LogP contribution < -0.4 is 10.1 Å². The second kappa shape index (κ2) is 5.46. The molecule has 0 aliphatic rings. The maximum Gasteiger partial charge on any atom is 0.219 e. The van der Waals surface area contributed by atoms with E-state index < -0.39 is 0 Å². The summed E-state index contributed by atoms with van der Waals surface area (Å²) in [5.74, 6) is 1.45. The highest BCUT2D eigenvalue weighted by atomic mass is 16.5. The normalized spacial score (nSPS) is 10.2. The lowest BCUT2D eigenvalue weighted by atomic mass is 10.2. The van der Waals surface area contributed by atoms with Gasteiger partial charge in [0, 0.05) is 12.6 Å². The predicted molar refractivity (Wildman–Crippen MR) is 68.3 cm³/mol. The van der Waals surface area contributed by atoms with Crippen molar-refractivity contribution in [3.05, 3.63) is 53.7 Å².